The zero-order chi connectivity index (χ0) is 15.7. The Morgan fingerprint density at radius 2 is 1.77 bits per heavy atom. The van der Waals surface area contributed by atoms with Crippen LogP contribution in [0.3, 0.4) is 0 Å². The van der Waals surface area contributed by atoms with Crippen molar-refractivity contribution in [2.24, 2.45) is 0 Å². The highest BCUT2D eigenvalue weighted by atomic mass is 35.5. The molecule has 1 heterocycles. The quantitative estimate of drug-likeness (QED) is 0.837. The number of rotatable bonds is 4. The molecule has 0 saturated heterocycles. The smallest absolute Gasteiger partial charge is 0.225 e. The van der Waals surface area contributed by atoms with Crippen LogP contribution < -0.4 is 10.6 Å². The largest absolute Gasteiger partial charge is 0.350 e. The van der Waals surface area contributed by atoms with Gasteiger partial charge >= 0.3 is 0 Å². The van der Waals surface area contributed by atoms with Gasteiger partial charge in [-0.3, -0.25) is 0 Å². The molecule has 1 aliphatic rings. The maximum absolute atomic E-state index is 5.92. The van der Waals surface area contributed by atoms with Crippen molar-refractivity contribution in [2.75, 3.05) is 10.6 Å². The van der Waals surface area contributed by atoms with E-state index in [9.17, 15) is 0 Å². The van der Waals surface area contributed by atoms with Gasteiger partial charge in [0.05, 0.1) is 5.69 Å². The molecule has 4 nitrogen and oxygen atoms in total. The van der Waals surface area contributed by atoms with Gasteiger partial charge in [0, 0.05) is 28.2 Å². The predicted molar refractivity (Wildman–Crippen MR) is 92.1 cm³/mol. The van der Waals surface area contributed by atoms with Crippen LogP contribution in [0.2, 0.25) is 5.02 Å². The summed E-state index contributed by atoms with van der Waals surface area (Å²) in [6, 6.07) is 9.65. The zero-order valence-electron chi connectivity index (χ0n) is 13.2. The van der Waals surface area contributed by atoms with Gasteiger partial charge < -0.3 is 10.6 Å². The number of aromatic nitrogens is 2. The van der Waals surface area contributed by atoms with Gasteiger partial charge in [-0.15, -0.1) is 0 Å². The minimum Gasteiger partial charge on any atom is -0.350 e. The summed E-state index contributed by atoms with van der Waals surface area (Å²) in [7, 11) is 0. The van der Waals surface area contributed by atoms with Crippen molar-refractivity contribution in [3.63, 3.8) is 0 Å². The van der Waals surface area contributed by atoms with Crippen LogP contribution >= 0.6 is 11.6 Å². The molecule has 0 amide bonds. The summed E-state index contributed by atoms with van der Waals surface area (Å²) in [5.74, 6) is 2.06. The summed E-state index contributed by atoms with van der Waals surface area (Å²) in [5, 5.41) is 7.41. The normalized spacial score (nSPS) is 14.7. The summed E-state index contributed by atoms with van der Waals surface area (Å²) in [4.78, 5) is 9.23. The van der Waals surface area contributed by atoms with Crippen LogP contribution in [-0.2, 0) is 0 Å². The first kappa shape index (κ1) is 15.1. The SMILES string of the molecule is CC(C)(C)Nc1nc(Nc2ccc(Cl)cc2)cc(C2CC2)n1. The fourth-order valence-electron chi connectivity index (χ4n) is 2.19. The molecule has 5 heteroatoms. The van der Waals surface area contributed by atoms with Crippen LogP contribution in [0.1, 0.15) is 45.2 Å². The van der Waals surface area contributed by atoms with Crippen molar-refractivity contribution in [2.45, 2.75) is 45.1 Å². The molecule has 1 saturated carbocycles. The monoisotopic (exact) mass is 316 g/mol. The van der Waals surface area contributed by atoms with E-state index in [4.69, 9.17) is 11.6 Å². The number of halogens is 1. The van der Waals surface area contributed by atoms with Gasteiger partial charge in [-0.2, -0.15) is 4.98 Å². The van der Waals surface area contributed by atoms with E-state index in [-0.39, 0.29) is 5.54 Å². The van der Waals surface area contributed by atoms with E-state index in [1.54, 1.807) is 0 Å². The Bertz CT molecular complexity index is 657. The minimum absolute atomic E-state index is 0.0697. The van der Waals surface area contributed by atoms with Gasteiger partial charge in [-0.25, -0.2) is 4.98 Å². The highest BCUT2D eigenvalue weighted by molar-refractivity contribution is 6.30. The molecule has 2 N–H and O–H groups in total. The molecule has 0 unspecified atom stereocenters. The first-order chi connectivity index (χ1) is 10.4. The maximum atomic E-state index is 5.92. The van der Waals surface area contributed by atoms with Crippen molar-refractivity contribution in [1.29, 1.82) is 0 Å². The lowest BCUT2D eigenvalue weighted by atomic mass is 10.1. The molecule has 0 bridgehead atoms. The van der Waals surface area contributed by atoms with E-state index < -0.39 is 0 Å². The molecule has 1 fully saturated rings. The van der Waals surface area contributed by atoms with Crippen LogP contribution in [0.25, 0.3) is 0 Å². The summed E-state index contributed by atoms with van der Waals surface area (Å²) >= 11 is 5.92. The van der Waals surface area contributed by atoms with Crippen LogP contribution in [0.4, 0.5) is 17.5 Å². The first-order valence-electron chi connectivity index (χ1n) is 7.59. The van der Waals surface area contributed by atoms with Gasteiger partial charge in [-0.1, -0.05) is 11.6 Å². The molecule has 3 rings (SSSR count). The molecular formula is C17H21ClN4. The van der Waals surface area contributed by atoms with Crippen LogP contribution in [0, 0.1) is 0 Å². The van der Waals surface area contributed by atoms with Crippen molar-refractivity contribution >= 4 is 29.1 Å². The van der Waals surface area contributed by atoms with E-state index in [0.717, 1.165) is 22.2 Å². The second kappa shape index (κ2) is 5.76. The molecular weight excluding hydrogens is 296 g/mol. The average molecular weight is 317 g/mol. The number of nitrogens with one attached hydrogen (secondary N) is 2. The lowest BCUT2D eigenvalue weighted by molar-refractivity contribution is 0.625. The minimum atomic E-state index is -0.0697. The van der Waals surface area contributed by atoms with E-state index >= 15 is 0 Å². The molecule has 0 atom stereocenters. The third kappa shape index (κ3) is 4.10. The van der Waals surface area contributed by atoms with Gasteiger partial charge in [0.25, 0.3) is 0 Å². The fraction of sp³-hybridized carbons (Fsp3) is 0.412. The summed E-state index contributed by atoms with van der Waals surface area (Å²) in [6.07, 6.45) is 2.43. The van der Waals surface area contributed by atoms with Crippen molar-refractivity contribution in [3.8, 4) is 0 Å². The van der Waals surface area contributed by atoms with E-state index in [1.165, 1.54) is 12.8 Å². The highest BCUT2D eigenvalue weighted by Gasteiger charge is 2.26. The predicted octanol–water partition coefficient (Wildman–Crippen LogP) is 4.96. The molecule has 1 aromatic heterocycles. The van der Waals surface area contributed by atoms with Gasteiger partial charge in [0.1, 0.15) is 5.82 Å². The van der Waals surface area contributed by atoms with Crippen molar-refractivity contribution < 1.29 is 0 Å². The zero-order valence-corrected chi connectivity index (χ0v) is 13.9. The summed E-state index contributed by atoms with van der Waals surface area (Å²) in [5.41, 5.74) is 2.00. The molecule has 0 aliphatic heterocycles. The molecule has 22 heavy (non-hydrogen) atoms. The number of nitrogens with zero attached hydrogens (tertiary/aromatic N) is 2. The lowest BCUT2D eigenvalue weighted by Crippen LogP contribution is -2.27. The fourth-order valence-corrected chi connectivity index (χ4v) is 2.32. The summed E-state index contributed by atoms with van der Waals surface area (Å²) < 4.78 is 0. The molecule has 1 aliphatic carbocycles. The van der Waals surface area contributed by atoms with Gasteiger partial charge in [0.15, 0.2) is 0 Å². The number of hydrogen-bond acceptors (Lipinski definition) is 4. The third-order valence-electron chi connectivity index (χ3n) is 3.35. The topological polar surface area (TPSA) is 49.8 Å². The molecule has 116 valence electrons. The Morgan fingerprint density at radius 1 is 1.09 bits per heavy atom. The van der Waals surface area contributed by atoms with Crippen LogP contribution in [0.15, 0.2) is 30.3 Å². The van der Waals surface area contributed by atoms with E-state index in [1.807, 2.05) is 30.3 Å². The third-order valence-corrected chi connectivity index (χ3v) is 3.60. The van der Waals surface area contributed by atoms with Crippen LogP contribution in [-0.4, -0.2) is 15.5 Å². The highest BCUT2D eigenvalue weighted by Crippen LogP contribution is 2.40. The lowest BCUT2D eigenvalue weighted by Gasteiger charge is -2.21. The Morgan fingerprint density at radius 3 is 2.36 bits per heavy atom. The van der Waals surface area contributed by atoms with Crippen LogP contribution in [0.5, 0.6) is 0 Å². The molecule has 0 spiro atoms. The van der Waals surface area contributed by atoms with E-state index in [0.29, 0.717) is 11.9 Å². The van der Waals surface area contributed by atoms with Gasteiger partial charge in [0.2, 0.25) is 5.95 Å². The second-order valence-corrected chi connectivity index (χ2v) is 7.22. The average Bonchev–Trinajstić information content (AvgIpc) is 3.23. The summed E-state index contributed by atoms with van der Waals surface area (Å²) in [6.45, 7) is 6.31. The van der Waals surface area contributed by atoms with Crippen molar-refractivity contribution in [3.05, 3.63) is 41.0 Å². The first-order valence-corrected chi connectivity index (χ1v) is 7.97. The van der Waals surface area contributed by atoms with Gasteiger partial charge in [-0.05, 0) is 57.9 Å². The number of anilines is 3. The Hall–Kier alpha value is -1.81. The Kier molecular flexibility index (Phi) is 3.96. The van der Waals surface area contributed by atoms with Crippen molar-refractivity contribution in [1.82, 2.24) is 9.97 Å². The second-order valence-electron chi connectivity index (χ2n) is 6.78. The van der Waals surface area contributed by atoms with E-state index in [2.05, 4.69) is 41.4 Å². The Labute approximate surface area is 136 Å². The maximum Gasteiger partial charge on any atom is 0.225 e. The molecule has 1 aromatic carbocycles. The number of hydrogen-bond donors (Lipinski definition) is 2. The molecule has 0 radical (unpaired) electrons. The number of benzene rings is 1. The standard InChI is InChI=1S/C17H21ClN4/c1-17(2,3)22-16-20-14(11-4-5-11)10-15(21-16)19-13-8-6-12(18)7-9-13/h6-11H,4-5H2,1-3H3,(H2,19,20,21,22). The molecule has 2 aromatic rings. The Balaban J connectivity index is 1.87.